The zero-order valence-electron chi connectivity index (χ0n) is 7.04. The normalized spacial score (nSPS) is 10.2. The molecule has 0 heterocycles. The highest BCUT2D eigenvalue weighted by atomic mass is 32.2. The first-order chi connectivity index (χ1) is 6.43. The van der Waals surface area contributed by atoms with Gasteiger partial charge in [0.1, 0.15) is 5.75 Å². The molecule has 0 bridgehead atoms. The highest BCUT2D eigenvalue weighted by molar-refractivity contribution is 7.93. The van der Waals surface area contributed by atoms with Gasteiger partial charge in [-0.1, -0.05) is 22.5 Å². The third-order valence-electron chi connectivity index (χ3n) is 1.12. The second kappa shape index (κ2) is 6.33. The molecule has 5 heteroatoms. The van der Waals surface area contributed by atoms with Gasteiger partial charge in [-0.05, 0) is 17.3 Å². The van der Waals surface area contributed by atoms with Crippen LogP contribution in [0.5, 0.6) is 5.75 Å². The molecule has 0 aromatic heterocycles. The summed E-state index contributed by atoms with van der Waals surface area (Å²) in [5, 5.41) is 3.37. The molecule has 0 aliphatic rings. The van der Waals surface area contributed by atoms with Gasteiger partial charge in [0.2, 0.25) is 6.40 Å². The molecule has 0 spiro atoms. The van der Waals surface area contributed by atoms with Crippen molar-refractivity contribution in [2.24, 2.45) is 5.16 Å². The maximum absolute atomic E-state index is 5.05. The standard InChI is InChI=1S/C8H9NO3S/c1-13-12-11-9-7-10-8-5-3-2-4-6-8/h2-7H,1H3/b9-7+. The van der Waals surface area contributed by atoms with Crippen molar-refractivity contribution in [2.75, 3.05) is 6.26 Å². The smallest absolute Gasteiger partial charge is 0.222 e. The maximum Gasteiger partial charge on any atom is 0.222 e. The van der Waals surface area contributed by atoms with E-state index < -0.39 is 0 Å². The summed E-state index contributed by atoms with van der Waals surface area (Å²) in [5.41, 5.74) is 0. The Hall–Kier alpha value is -1.20. The lowest BCUT2D eigenvalue weighted by molar-refractivity contribution is -0.190. The Kier molecular flexibility index (Phi) is 4.81. The molecule has 0 aliphatic carbocycles. The number of nitrogens with zero attached hydrogens (tertiary/aromatic N) is 1. The van der Waals surface area contributed by atoms with Crippen molar-refractivity contribution in [3.05, 3.63) is 30.3 Å². The van der Waals surface area contributed by atoms with Gasteiger partial charge in [-0.2, -0.15) is 0 Å². The van der Waals surface area contributed by atoms with Gasteiger partial charge in [0, 0.05) is 18.3 Å². The van der Waals surface area contributed by atoms with Crippen LogP contribution in [0.4, 0.5) is 0 Å². The topological polar surface area (TPSA) is 40.0 Å². The first kappa shape index (κ1) is 9.88. The van der Waals surface area contributed by atoms with Crippen LogP contribution in [-0.2, 0) is 9.32 Å². The molecular formula is C8H9NO3S. The molecule has 0 amide bonds. The first-order valence-electron chi connectivity index (χ1n) is 3.53. The van der Waals surface area contributed by atoms with Crippen LogP contribution in [0.3, 0.4) is 0 Å². The van der Waals surface area contributed by atoms with Crippen molar-refractivity contribution in [2.45, 2.75) is 0 Å². The van der Waals surface area contributed by atoms with Crippen molar-refractivity contribution < 1.29 is 14.1 Å². The van der Waals surface area contributed by atoms with Crippen molar-refractivity contribution in [1.29, 1.82) is 0 Å². The van der Waals surface area contributed by atoms with Crippen LogP contribution < -0.4 is 4.74 Å². The van der Waals surface area contributed by atoms with Gasteiger partial charge in [-0.25, -0.2) is 4.99 Å². The molecule has 1 rings (SSSR count). The van der Waals surface area contributed by atoms with Gasteiger partial charge in [-0.15, -0.1) is 0 Å². The average molecular weight is 199 g/mol. The van der Waals surface area contributed by atoms with Gasteiger partial charge in [0.05, 0.1) is 0 Å². The van der Waals surface area contributed by atoms with Crippen molar-refractivity contribution in [3.63, 3.8) is 0 Å². The van der Waals surface area contributed by atoms with Crippen molar-refractivity contribution in [1.82, 2.24) is 0 Å². The Balaban J connectivity index is 2.23. The highest BCUT2D eigenvalue weighted by Crippen LogP contribution is 2.06. The van der Waals surface area contributed by atoms with Crippen LogP contribution in [0.15, 0.2) is 35.5 Å². The lowest BCUT2D eigenvalue weighted by Gasteiger charge is -1.96. The molecular weight excluding hydrogens is 190 g/mol. The monoisotopic (exact) mass is 199 g/mol. The van der Waals surface area contributed by atoms with Gasteiger partial charge in [-0.3, -0.25) is 0 Å². The summed E-state index contributed by atoms with van der Waals surface area (Å²) in [6.07, 6.45) is 2.87. The van der Waals surface area contributed by atoms with Crippen LogP contribution in [0.1, 0.15) is 0 Å². The molecule has 13 heavy (non-hydrogen) atoms. The van der Waals surface area contributed by atoms with Crippen molar-refractivity contribution in [3.8, 4) is 5.75 Å². The number of oxime groups is 1. The summed E-state index contributed by atoms with van der Waals surface area (Å²) in [7, 11) is 0. The number of hydrogen-bond acceptors (Lipinski definition) is 5. The quantitative estimate of drug-likeness (QED) is 0.182. The van der Waals surface area contributed by atoms with Gasteiger partial charge in [0.15, 0.2) is 0 Å². The lowest BCUT2D eigenvalue weighted by atomic mass is 10.3. The van der Waals surface area contributed by atoms with E-state index in [2.05, 4.69) is 14.5 Å². The van der Waals surface area contributed by atoms with Crippen LogP contribution in [0.25, 0.3) is 0 Å². The molecule has 0 radical (unpaired) electrons. The third-order valence-corrected chi connectivity index (χ3v) is 1.31. The molecule has 0 atom stereocenters. The number of hydrogen-bond donors (Lipinski definition) is 0. The minimum absolute atomic E-state index is 0.694. The molecule has 0 N–H and O–H groups in total. The Morgan fingerprint density at radius 3 is 2.77 bits per heavy atom. The minimum atomic E-state index is 0.694. The fourth-order valence-electron chi connectivity index (χ4n) is 0.647. The summed E-state index contributed by atoms with van der Waals surface area (Å²) in [6.45, 7) is 0. The second-order valence-corrected chi connectivity index (χ2v) is 2.42. The highest BCUT2D eigenvalue weighted by Gasteiger charge is 1.86. The summed E-state index contributed by atoms with van der Waals surface area (Å²) in [4.78, 5) is 4.31. The van der Waals surface area contributed by atoms with Gasteiger partial charge >= 0.3 is 0 Å². The lowest BCUT2D eigenvalue weighted by Crippen LogP contribution is -1.89. The van der Waals surface area contributed by atoms with E-state index in [1.807, 2.05) is 18.2 Å². The predicted molar refractivity (Wildman–Crippen MR) is 51.2 cm³/mol. The largest absolute Gasteiger partial charge is 0.442 e. The molecule has 1 aromatic carbocycles. The van der Waals surface area contributed by atoms with E-state index in [1.165, 1.54) is 0 Å². The Morgan fingerprint density at radius 2 is 2.08 bits per heavy atom. The molecule has 4 nitrogen and oxygen atoms in total. The Bertz CT molecular complexity index is 253. The molecule has 0 fully saturated rings. The van der Waals surface area contributed by atoms with E-state index in [4.69, 9.17) is 4.74 Å². The summed E-state index contributed by atoms with van der Waals surface area (Å²) >= 11 is 1.06. The summed E-state index contributed by atoms with van der Waals surface area (Å²) < 4.78 is 9.46. The fourth-order valence-corrected chi connectivity index (χ4v) is 0.743. The number of benzene rings is 1. The molecule has 0 saturated heterocycles. The average Bonchev–Trinajstić information content (AvgIpc) is 2.19. The van der Waals surface area contributed by atoms with Crippen LogP contribution in [0, 0.1) is 0 Å². The van der Waals surface area contributed by atoms with Gasteiger partial charge < -0.3 is 4.74 Å². The van der Waals surface area contributed by atoms with Gasteiger partial charge in [0.25, 0.3) is 0 Å². The fraction of sp³-hybridized carbons (Fsp3) is 0.125. The van der Waals surface area contributed by atoms with E-state index in [-0.39, 0.29) is 0 Å². The molecule has 70 valence electrons. The van der Waals surface area contributed by atoms with E-state index in [0.29, 0.717) is 5.75 Å². The molecule has 0 aliphatic heterocycles. The van der Waals surface area contributed by atoms with Crippen LogP contribution in [0.2, 0.25) is 0 Å². The van der Waals surface area contributed by atoms with E-state index in [1.54, 1.807) is 18.4 Å². The summed E-state index contributed by atoms with van der Waals surface area (Å²) in [6, 6.07) is 9.24. The predicted octanol–water partition coefficient (Wildman–Crippen LogP) is 2.23. The summed E-state index contributed by atoms with van der Waals surface area (Å²) in [5.74, 6) is 0.694. The van der Waals surface area contributed by atoms with Crippen LogP contribution in [-0.4, -0.2) is 12.7 Å². The van der Waals surface area contributed by atoms with E-state index in [9.17, 15) is 0 Å². The van der Waals surface area contributed by atoms with Crippen molar-refractivity contribution >= 4 is 18.4 Å². The molecule has 0 saturated carbocycles. The zero-order chi connectivity index (χ0) is 9.36. The Labute approximate surface area is 80.6 Å². The Morgan fingerprint density at radius 1 is 1.31 bits per heavy atom. The molecule has 1 aromatic rings. The number of ether oxygens (including phenoxy) is 1. The van der Waals surface area contributed by atoms with Crippen LogP contribution >= 0.6 is 12.0 Å². The number of rotatable bonds is 5. The maximum atomic E-state index is 5.05. The SMILES string of the molecule is CSOO/N=C/Oc1ccccc1. The van der Waals surface area contributed by atoms with E-state index in [0.717, 1.165) is 18.4 Å². The third kappa shape index (κ3) is 4.39. The zero-order valence-corrected chi connectivity index (χ0v) is 7.86. The van der Waals surface area contributed by atoms with E-state index >= 15 is 0 Å². The second-order valence-electron chi connectivity index (χ2n) is 1.95. The minimum Gasteiger partial charge on any atom is -0.442 e. The molecule has 0 unspecified atom stereocenters. The first-order valence-corrected chi connectivity index (χ1v) is 4.68. The number of para-hydroxylation sites is 1.